The minimum Gasteiger partial charge on any atom is -0.476 e. The predicted molar refractivity (Wildman–Crippen MR) is 126 cm³/mol. The lowest BCUT2D eigenvalue weighted by Crippen LogP contribution is -2.48. The Balaban J connectivity index is 1.59. The number of nitrogens with one attached hydrogen (secondary N) is 1. The molecule has 2 aromatic carbocycles. The predicted octanol–water partition coefficient (Wildman–Crippen LogP) is 4.06. The molecule has 3 aromatic rings. The van der Waals surface area contributed by atoms with Crippen molar-refractivity contribution in [1.82, 2.24) is 10.2 Å². The summed E-state index contributed by atoms with van der Waals surface area (Å²) in [7, 11) is -3.96. The number of hydrogen-bond acceptors (Lipinski definition) is 8. The Morgan fingerprint density at radius 2 is 2.03 bits per heavy atom. The normalized spacial score (nSPS) is 15.5. The number of benzene rings is 2. The molecule has 0 spiro atoms. The molecule has 1 N–H and O–H groups in total. The molecule has 0 aliphatic carbocycles. The van der Waals surface area contributed by atoms with E-state index in [4.69, 9.17) is 16.3 Å². The van der Waals surface area contributed by atoms with Crippen molar-refractivity contribution in [2.75, 3.05) is 21.9 Å². The van der Waals surface area contributed by atoms with E-state index < -0.39 is 22.0 Å². The standard InChI is InChI=1S/C20H17ClN4O4S3/c1-2-11-30-20-24-23-19(31-20)22-18(26)17-12-25(15-5-3-4-6-16(15)29-17)32(27,28)14-9-7-13(21)8-10-14/h2-10,17H,1,11-12H2,(H,22,23,26)/t17-/m1/s1. The summed E-state index contributed by atoms with van der Waals surface area (Å²) in [6, 6.07) is 12.5. The van der Waals surface area contributed by atoms with Crippen LogP contribution < -0.4 is 14.4 Å². The van der Waals surface area contributed by atoms with E-state index in [-0.39, 0.29) is 17.2 Å². The van der Waals surface area contributed by atoms with Crippen LogP contribution in [0.5, 0.6) is 5.75 Å². The smallest absolute Gasteiger partial charge is 0.269 e. The molecule has 2 heterocycles. The van der Waals surface area contributed by atoms with Gasteiger partial charge in [-0.2, -0.15) is 0 Å². The number of carbonyl (C=O) groups excluding carboxylic acids is 1. The molecule has 0 unspecified atom stereocenters. The van der Waals surface area contributed by atoms with E-state index >= 15 is 0 Å². The third-order valence-corrected chi connectivity index (χ3v) is 8.40. The molecule has 0 radical (unpaired) electrons. The number of fused-ring (bicyclic) bond motifs is 1. The van der Waals surface area contributed by atoms with Gasteiger partial charge in [0.1, 0.15) is 5.75 Å². The highest BCUT2D eigenvalue weighted by Gasteiger charge is 2.37. The lowest BCUT2D eigenvalue weighted by Gasteiger charge is -2.34. The summed E-state index contributed by atoms with van der Waals surface area (Å²) in [6.45, 7) is 3.45. The lowest BCUT2D eigenvalue weighted by atomic mass is 10.2. The van der Waals surface area contributed by atoms with E-state index in [1.54, 1.807) is 30.3 Å². The lowest BCUT2D eigenvalue weighted by molar-refractivity contribution is -0.122. The fourth-order valence-electron chi connectivity index (χ4n) is 2.93. The Hall–Kier alpha value is -2.60. The highest BCUT2D eigenvalue weighted by Crippen LogP contribution is 2.37. The van der Waals surface area contributed by atoms with Crippen molar-refractivity contribution in [3.63, 3.8) is 0 Å². The third-order valence-electron chi connectivity index (χ3n) is 4.39. The van der Waals surface area contributed by atoms with Gasteiger partial charge < -0.3 is 4.74 Å². The largest absolute Gasteiger partial charge is 0.476 e. The average molecular weight is 509 g/mol. The Bertz CT molecular complexity index is 1250. The second kappa shape index (κ2) is 9.49. The molecule has 0 saturated heterocycles. The number of amides is 1. The van der Waals surface area contributed by atoms with Crippen LogP contribution in [0.1, 0.15) is 0 Å². The van der Waals surface area contributed by atoms with Gasteiger partial charge in [-0.05, 0) is 36.4 Å². The molecule has 8 nitrogen and oxygen atoms in total. The van der Waals surface area contributed by atoms with Crippen LogP contribution in [-0.4, -0.2) is 42.9 Å². The first-order chi connectivity index (χ1) is 15.4. The average Bonchev–Trinajstić information content (AvgIpc) is 3.24. The quantitative estimate of drug-likeness (QED) is 0.291. The number of ether oxygens (including phenoxy) is 1. The number of aromatic nitrogens is 2. The molecule has 4 rings (SSSR count). The highest BCUT2D eigenvalue weighted by molar-refractivity contribution is 8.01. The fraction of sp³-hybridized carbons (Fsp3) is 0.150. The molecule has 1 atom stereocenters. The van der Waals surface area contributed by atoms with Crippen LogP contribution in [-0.2, 0) is 14.8 Å². The maximum atomic E-state index is 13.4. The molecule has 12 heteroatoms. The minimum atomic E-state index is -3.96. The number of para-hydroxylation sites is 2. The van der Waals surface area contributed by atoms with E-state index in [1.807, 2.05) is 0 Å². The van der Waals surface area contributed by atoms with Crippen molar-refractivity contribution >= 4 is 61.4 Å². The van der Waals surface area contributed by atoms with Gasteiger partial charge in [-0.25, -0.2) is 8.42 Å². The summed E-state index contributed by atoms with van der Waals surface area (Å²) in [6.07, 6.45) is 0.660. The van der Waals surface area contributed by atoms with E-state index in [9.17, 15) is 13.2 Å². The number of halogens is 1. The van der Waals surface area contributed by atoms with Crippen LogP contribution in [0.3, 0.4) is 0 Å². The summed E-state index contributed by atoms with van der Waals surface area (Å²) < 4.78 is 34.4. The van der Waals surface area contributed by atoms with Crippen molar-refractivity contribution in [1.29, 1.82) is 0 Å². The SMILES string of the molecule is C=CCSc1nnc(NC(=O)[C@H]2CN(S(=O)(=O)c3ccc(Cl)cc3)c3ccccc3O2)s1. The summed E-state index contributed by atoms with van der Waals surface area (Å²) in [5.41, 5.74) is 0.352. The van der Waals surface area contributed by atoms with Crippen LogP contribution in [0.25, 0.3) is 0 Å². The first-order valence-corrected chi connectivity index (χ1v) is 12.9. The first kappa shape index (κ1) is 22.6. The number of hydrogen-bond donors (Lipinski definition) is 1. The maximum Gasteiger partial charge on any atom is 0.269 e. The maximum absolute atomic E-state index is 13.4. The van der Waals surface area contributed by atoms with Gasteiger partial charge >= 0.3 is 0 Å². The second-order valence-electron chi connectivity index (χ2n) is 6.53. The molecule has 1 aliphatic rings. The summed E-state index contributed by atoms with van der Waals surface area (Å²) in [5.74, 6) is 0.436. The molecule has 1 amide bonds. The molecule has 0 saturated carbocycles. The van der Waals surface area contributed by atoms with Gasteiger partial charge in [0.25, 0.3) is 15.9 Å². The van der Waals surface area contributed by atoms with Gasteiger partial charge in [-0.1, -0.05) is 52.9 Å². The van der Waals surface area contributed by atoms with Gasteiger partial charge in [0.2, 0.25) is 5.13 Å². The molecular weight excluding hydrogens is 492 g/mol. The number of thioether (sulfide) groups is 1. The minimum absolute atomic E-state index is 0.0609. The van der Waals surface area contributed by atoms with Gasteiger partial charge in [-0.15, -0.1) is 16.8 Å². The zero-order chi connectivity index (χ0) is 22.7. The molecule has 32 heavy (non-hydrogen) atoms. The van der Waals surface area contributed by atoms with Crippen molar-refractivity contribution in [3.8, 4) is 5.75 Å². The Morgan fingerprint density at radius 3 is 2.78 bits per heavy atom. The molecule has 1 aromatic heterocycles. The summed E-state index contributed by atoms with van der Waals surface area (Å²) in [5, 5.41) is 11.3. The van der Waals surface area contributed by atoms with Crippen LogP contribution >= 0.6 is 34.7 Å². The summed E-state index contributed by atoms with van der Waals surface area (Å²) in [4.78, 5) is 13.0. The number of carbonyl (C=O) groups is 1. The van der Waals surface area contributed by atoms with Crippen molar-refractivity contribution in [2.45, 2.75) is 15.3 Å². The number of rotatable bonds is 7. The second-order valence-corrected chi connectivity index (χ2v) is 11.1. The number of sulfonamides is 1. The van der Waals surface area contributed by atoms with Crippen molar-refractivity contribution in [2.24, 2.45) is 0 Å². The van der Waals surface area contributed by atoms with E-state index in [0.717, 1.165) is 0 Å². The zero-order valence-electron chi connectivity index (χ0n) is 16.5. The van der Waals surface area contributed by atoms with E-state index in [0.29, 0.717) is 25.9 Å². The molecule has 0 bridgehead atoms. The highest BCUT2D eigenvalue weighted by atomic mass is 35.5. The van der Waals surface area contributed by atoms with E-state index in [1.165, 1.54) is 51.7 Å². The zero-order valence-corrected chi connectivity index (χ0v) is 19.7. The fourth-order valence-corrected chi connectivity index (χ4v) is 6.05. The molecule has 0 fully saturated rings. The van der Waals surface area contributed by atoms with Gasteiger partial charge in [0.15, 0.2) is 10.4 Å². The van der Waals surface area contributed by atoms with Crippen LogP contribution in [0.2, 0.25) is 5.02 Å². The first-order valence-electron chi connectivity index (χ1n) is 9.30. The van der Waals surface area contributed by atoms with Crippen LogP contribution in [0.4, 0.5) is 10.8 Å². The van der Waals surface area contributed by atoms with Crippen LogP contribution in [0.15, 0.2) is 70.4 Å². The molecule has 1 aliphatic heterocycles. The number of anilines is 2. The van der Waals surface area contributed by atoms with Crippen molar-refractivity contribution < 1.29 is 17.9 Å². The van der Waals surface area contributed by atoms with E-state index in [2.05, 4.69) is 22.1 Å². The topological polar surface area (TPSA) is 101 Å². The Kier molecular flexibility index (Phi) is 6.70. The van der Waals surface area contributed by atoms with Gasteiger partial charge in [0.05, 0.1) is 17.1 Å². The van der Waals surface area contributed by atoms with Gasteiger partial charge in [-0.3, -0.25) is 14.4 Å². The molecular formula is C20H17ClN4O4S3. The van der Waals surface area contributed by atoms with Gasteiger partial charge in [0, 0.05) is 10.8 Å². The number of nitrogens with zero attached hydrogens (tertiary/aromatic N) is 3. The Labute approximate surface area is 198 Å². The summed E-state index contributed by atoms with van der Waals surface area (Å²) >= 11 is 8.56. The monoisotopic (exact) mass is 508 g/mol. The van der Waals surface area contributed by atoms with Crippen LogP contribution in [0, 0.1) is 0 Å². The van der Waals surface area contributed by atoms with Crippen molar-refractivity contribution in [3.05, 3.63) is 66.2 Å². The third kappa shape index (κ3) is 4.75. The molecule has 166 valence electrons. The Morgan fingerprint density at radius 1 is 1.28 bits per heavy atom.